The zero-order chi connectivity index (χ0) is 15.2. The van der Waals surface area contributed by atoms with Gasteiger partial charge >= 0.3 is 0 Å². The molecule has 1 heterocycles. The molecule has 2 aromatic rings. The molecule has 21 heavy (non-hydrogen) atoms. The summed E-state index contributed by atoms with van der Waals surface area (Å²) in [6, 6.07) is 8.58. The lowest BCUT2D eigenvalue weighted by atomic mass is 10.0. The second kappa shape index (κ2) is 7.60. The van der Waals surface area contributed by atoms with Crippen molar-refractivity contribution in [3.8, 4) is 0 Å². The Labute approximate surface area is 128 Å². The van der Waals surface area contributed by atoms with E-state index >= 15 is 0 Å². The summed E-state index contributed by atoms with van der Waals surface area (Å²) < 4.78 is 2.12. The van der Waals surface area contributed by atoms with E-state index in [0.717, 1.165) is 32.0 Å². The van der Waals surface area contributed by atoms with E-state index in [1.165, 1.54) is 23.0 Å². The van der Waals surface area contributed by atoms with Crippen LogP contribution in [0.15, 0.2) is 24.3 Å². The number of benzene rings is 1. The summed E-state index contributed by atoms with van der Waals surface area (Å²) in [6.07, 6.45) is 2.26. The van der Waals surface area contributed by atoms with Gasteiger partial charge in [-0.25, -0.2) is 0 Å². The highest BCUT2D eigenvalue weighted by Crippen LogP contribution is 2.20. The minimum Gasteiger partial charge on any atom is -0.316 e. The summed E-state index contributed by atoms with van der Waals surface area (Å²) in [6.45, 7) is 12.1. The Kier molecular flexibility index (Phi) is 5.80. The van der Waals surface area contributed by atoms with Gasteiger partial charge in [0.15, 0.2) is 0 Å². The second-order valence-corrected chi connectivity index (χ2v) is 6.48. The third-order valence-corrected chi connectivity index (χ3v) is 3.95. The maximum absolute atomic E-state index is 4.78. The number of nitrogens with one attached hydrogen (secondary N) is 1. The fraction of sp³-hybridized carbons (Fsp3) is 0.611. The van der Waals surface area contributed by atoms with Gasteiger partial charge in [-0.05, 0) is 50.8 Å². The summed E-state index contributed by atoms with van der Waals surface area (Å²) >= 11 is 0. The molecule has 0 spiro atoms. The van der Waals surface area contributed by atoms with Crippen LogP contribution in [0, 0.1) is 11.8 Å². The number of hydrogen-bond donors (Lipinski definition) is 1. The van der Waals surface area contributed by atoms with Crippen LogP contribution in [0.4, 0.5) is 0 Å². The van der Waals surface area contributed by atoms with Crippen LogP contribution in [0.5, 0.6) is 0 Å². The first-order valence-electron chi connectivity index (χ1n) is 8.27. The normalized spacial score (nSPS) is 13.2. The minimum atomic E-state index is 0.689. The van der Waals surface area contributed by atoms with E-state index in [1.807, 2.05) is 0 Å². The van der Waals surface area contributed by atoms with E-state index in [2.05, 4.69) is 62.0 Å². The highest BCUT2D eigenvalue weighted by atomic mass is 15.3. The molecule has 0 saturated carbocycles. The van der Waals surface area contributed by atoms with Gasteiger partial charge < -0.3 is 5.32 Å². The molecule has 0 fully saturated rings. The molecule has 0 radical (unpaired) electrons. The number of aryl methyl sites for hydroxylation is 2. The van der Waals surface area contributed by atoms with Crippen molar-refractivity contribution in [2.75, 3.05) is 13.1 Å². The van der Waals surface area contributed by atoms with E-state index in [-0.39, 0.29) is 0 Å². The van der Waals surface area contributed by atoms with Gasteiger partial charge in [0, 0.05) is 11.9 Å². The van der Waals surface area contributed by atoms with Crippen molar-refractivity contribution in [1.82, 2.24) is 15.1 Å². The molecule has 1 atom stereocenters. The SMILES string of the molecule is CCn1nc(CCC(C)CNCC(C)C)c2ccccc21. The summed E-state index contributed by atoms with van der Waals surface area (Å²) in [4.78, 5) is 0. The van der Waals surface area contributed by atoms with Crippen LogP contribution in [-0.2, 0) is 13.0 Å². The predicted octanol–water partition coefficient (Wildman–Crippen LogP) is 3.87. The van der Waals surface area contributed by atoms with Crippen molar-refractivity contribution < 1.29 is 0 Å². The molecular formula is C18H29N3. The Morgan fingerprint density at radius 1 is 1.14 bits per heavy atom. The summed E-state index contributed by atoms with van der Waals surface area (Å²) in [5.74, 6) is 1.41. The van der Waals surface area contributed by atoms with Crippen molar-refractivity contribution in [3.63, 3.8) is 0 Å². The first-order valence-corrected chi connectivity index (χ1v) is 8.27. The highest BCUT2D eigenvalue weighted by molar-refractivity contribution is 5.81. The number of nitrogens with zero attached hydrogens (tertiary/aromatic N) is 2. The van der Waals surface area contributed by atoms with Crippen molar-refractivity contribution in [1.29, 1.82) is 0 Å². The molecule has 3 heteroatoms. The number of para-hydroxylation sites is 1. The molecule has 2 rings (SSSR count). The van der Waals surface area contributed by atoms with Gasteiger partial charge in [-0.15, -0.1) is 0 Å². The van der Waals surface area contributed by atoms with Crippen molar-refractivity contribution >= 4 is 10.9 Å². The predicted molar refractivity (Wildman–Crippen MR) is 90.6 cm³/mol. The molecular weight excluding hydrogens is 258 g/mol. The van der Waals surface area contributed by atoms with Gasteiger partial charge in [-0.2, -0.15) is 5.10 Å². The van der Waals surface area contributed by atoms with Crippen LogP contribution in [0.25, 0.3) is 10.9 Å². The Morgan fingerprint density at radius 2 is 1.90 bits per heavy atom. The van der Waals surface area contributed by atoms with Crippen LogP contribution in [0.3, 0.4) is 0 Å². The zero-order valence-electron chi connectivity index (χ0n) is 13.9. The highest BCUT2D eigenvalue weighted by Gasteiger charge is 2.10. The molecule has 1 N–H and O–H groups in total. The van der Waals surface area contributed by atoms with Gasteiger partial charge in [-0.3, -0.25) is 4.68 Å². The second-order valence-electron chi connectivity index (χ2n) is 6.48. The lowest BCUT2D eigenvalue weighted by molar-refractivity contribution is 0.452. The van der Waals surface area contributed by atoms with Crippen LogP contribution in [0.2, 0.25) is 0 Å². The zero-order valence-corrected chi connectivity index (χ0v) is 13.9. The van der Waals surface area contributed by atoms with Gasteiger partial charge in [0.25, 0.3) is 0 Å². The van der Waals surface area contributed by atoms with Crippen LogP contribution in [-0.4, -0.2) is 22.9 Å². The molecule has 1 unspecified atom stereocenters. The fourth-order valence-corrected chi connectivity index (χ4v) is 2.73. The Bertz CT molecular complexity index is 557. The number of hydrogen-bond acceptors (Lipinski definition) is 2. The van der Waals surface area contributed by atoms with E-state index in [9.17, 15) is 0 Å². The van der Waals surface area contributed by atoms with E-state index in [0.29, 0.717) is 5.92 Å². The average Bonchev–Trinajstić information content (AvgIpc) is 2.83. The summed E-state index contributed by atoms with van der Waals surface area (Å²) in [7, 11) is 0. The topological polar surface area (TPSA) is 29.9 Å². The van der Waals surface area contributed by atoms with Gasteiger partial charge in [0.1, 0.15) is 0 Å². The molecule has 0 saturated heterocycles. The summed E-state index contributed by atoms with van der Waals surface area (Å²) in [5.41, 5.74) is 2.52. The molecule has 1 aromatic heterocycles. The van der Waals surface area contributed by atoms with Gasteiger partial charge in [-0.1, -0.05) is 39.0 Å². The molecule has 0 aliphatic rings. The quantitative estimate of drug-likeness (QED) is 0.798. The maximum atomic E-state index is 4.78. The minimum absolute atomic E-state index is 0.689. The number of aromatic nitrogens is 2. The van der Waals surface area contributed by atoms with Crippen LogP contribution >= 0.6 is 0 Å². The Morgan fingerprint density at radius 3 is 2.62 bits per heavy atom. The smallest absolute Gasteiger partial charge is 0.0703 e. The van der Waals surface area contributed by atoms with Crippen LogP contribution < -0.4 is 5.32 Å². The maximum Gasteiger partial charge on any atom is 0.0703 e. The largest absolute Gasteiger partial charge is 0.316 e. The molecule has 0 bridgehead atoms. The molecule has 0 aliphatic carbocycles. The monoisotopic (exact) mass is 287 g/mol. The first-order chi connectivity index (χ1) is 10.1. The van der Waals surface area contributed by atoms with Gasteiger partial charge in [0.05, 0.1) is 11.2 Å². The molecule has 3 nitrogen and oxygen atoms in total. The van der Waals surface area contributed by atoms with Crippen molar-refractivity contribution in [2.45, 2.75) is 47.1 Å². The Hall–Kier alpha value is -1.35. The molecule has 0 amide bonds. The number of rotatable bonds is 8. The van der Waals surface area contributed by atoms with E-state index in [4.69, 9.17) is 5.10 Å². The fourth-order valence-electron chi connectivity index (χ4n) is 2.73. The molecule has 0 aliphatic heterocycles. The number of fused-ring (bicyclic) bond motifs is 1. The van der Waals surface area contributed by atoms with Gasteiger partial charge in [0.2, 0.25) is 0 Å². The Balaban J connectivity index is 1.94. The third kappa shape index (κ3) is 4.31. The van der Waals surface area contributed by atoms with Crippen LogP contribution in [0.1, 0.15) is 39.8 Å². The third-order valence-electron chi connectivity index (χ3n) is 3.95. The molecule has 116 valence electrons. The average molecular weight is 287 g/mol. The lowest BCUT2D eigenvalue weighted by Crippen LogP contribution is -2.25. The van der Waals surface area contributed by atoms with E-state index < -0.39 is 0 Å². The standard InChI is InChI=1S/C18H29N3/c1-5-21-18-9-7-6-8-16(18)17(20-21)11-10-15(4)13-19-12-14(2)3/h6-9,14-15,19H,5,10-13H2,1-4H3. The first kappa shape index (κ1) is 16.0. The lowest BCUT2D eigenvalue weighted by Gasteiger charge is -2.13. The van der Waals surface area contributed by atoms with E-state index in [1.54, 1.807) is 0 Å². The molecule has 1 aromatic carbocycles. The summed E-state index contributed by atoms with van der Waals surface area (Å²) in [5, 5.41) is 9.65. The van der Waals surface area contributed by atoms with Crippen molar-refractivity contribution in [2.24, 2.45) is 11.8 Å². The van der Waals surface area contributed by atoms with Crippen molar-refractivity contribution in [3.05, 3.63) is 30.0 Å².